The molecule has 5 aromatic rings. The fourth-order valence-electron chi connectivity index (χ4n) is 5.65. The second kappa shape index (κ2) is 32.3. The average Bonchev–Trinajstić information content (AvgIpc) is 3.16. The molecule has 57 heavy (non-hydrogen) atoms. The van der Waals surface area contributed by atoms with Crippen molar-refractivity contribution in [3.05, 3.63) is 171 Å². The molecule has 5 nitrogen and oxygen atoms in total. The maximum Gasteiger partial charge on any atom is 4.00 e. The summed E-state index contributed by atoms with van der Waals surface area (Å²) in [6.07, 6.45) is 0. The fourth-order valence-corrected chi connectivity index (χ4v) is 5.65. The van der Waals surface area contributed by atoms with Crippen molar-refractivity contribution in [1.82, 2.24) is 4.98 Å². The summed E-state index contributed by atoms with van der Waals surface area (Å²) >= 11 is 0. The standard InChI is InChI=1S/C31H41N3.2C7H8.C4H10O2.2ClH.Th/c1-20(2)26-14-10-15-27(21(3)4)30(26)32-18-24-12-9-13-25(34-24)19-33-31-28(22(5)6)16-11-17-29(31)23(7)8;2*1-7-5-3-2-4-6-7;1-5-3-4-6-2;;;/h9-17,20-23H,18-19H2,1-8H3;2*2-6H,1H3;3-4H2,1-2H3;2*1H;/q-2;;;;;;+4/p-2. The van der Waals surface area contributed by atoms with Crippen LogP contribution in [0.25, 0.3) is 10.6 Å². The van der Waals surface area contributed by atoms with Gasteiger partial charge in [-0.1, -0.05) is 205 Å². The van der Waals surface area contributed by atoms with E-state index in [4.69, 9.17) is 15.6 Å². The maximum atomic E-state index is 5.06. The van der Waals surface area contributed by atoms with Crippen LogP contribution in [-0.2, 0) is 22.6 Å². The van der Waals surface area contributed by atoms with E-state index in [2.05, 4.69) is 158 Å². The Balaban J connectivity index is 0. The third-order valence-corrected chi connectivity index (χ3v) is 8.72. The molecular weight excluding hydrogens is 966 g/mol. The van der Waals surface area contributed by atoms with Crippen LogP contribution in [0.3, 0.4) is 0 Å². The van der Waals surface area contributed by atoms with Crippen LogP contribution >= 0.6 is 0 Å². The number of halogens is 2. The first kappa shape index (κ1) is 56.6. The van der Waals surface area contributed by atoms with Crippen molar-refractivity contribution < 1.29 is 74.2 Å². The molecule has 308 valence electrons. The van der Waals surface area contributed by atoms with Crippen LogP contribution in [0.4, 0.5) is 11.4 Å². The van der Waals surface area contributed by atoms with Crippen molar-refractivity contribution >= 4 is 11.4 Å². The molecule has 0 bridgehead atoms. The van der Waals surface area contributed by atoms with E-state index in [9.17, 15) is 0 Å². The second-order valence-corrected chi connectivity index (χ2v) is 14.7. The van der Waals surface area contributed by atoms with Crippen LogP contribution in [-0.4, -0.2) is 32.4 Å². The predicted octanol–water partition coefficient (Wildman–Crippen LogP) is 8.26. The summed E-state index contributed by atoms with van der Waals surface area (Å²) < 4.78 is 9.31. The van der Waals surface area contributed by atoms with E-state index in [1.54, 1.807) is 14.2 Å². The van der Waals surface area contributed by atoms with Crippen molar-refractivity contribution in [2.24, 2.45) is 0 Å². The van der Waals surface area contributed by atoms with Crippen molar-refractivity contribution in [2.75, 3.05) is 27.4 Å². The first-order valence-corrected chi connectivity index (χ1v) is 19.5. The third-order valence-electron chi connectivity index (χ3n) is 8.72. The van der Waals surface area contributed by atoms with Crippen molar-refractivity contribution in [2.45, 2.75) is 106 Å². The third kappa shape index (κ3) is 21.9. The molecule has 1 heterocycles. The van der Waals surface area contributed by atoms with E-state index in [0.29, 0.717) is 50.0 Å². The Kier molecular flexibility index (Phi) is 32.1. The molecule has 0 amide bonds. The number of rotatable bonds is 13. The Labute approximate surface area is 391 Å². The van der Waals surface area contributed by atoms with Crippen molar-refractivity contribution in [3.63, 3.8) is 0 Å². The van der Waals surface area contributed by atoms with Crippen LogP contribution in [0.1, 0.15) is 124 Å². The number of nitrogens with zero attached hydrogens (tertiary/aromatic N) is 3. The zero-order valence-electron chi connectivity index (χ0n) is 36.5. The molecule has 0 unspecified atom stereocenters. The van der Waals surface area contributed by atoms with Gasteiger partial charge in [-0.2, -0.15) is 0 Å². The maximum absolute atomic E-state index is 5.06. The van der Waals surface area contributed by atoms with Gasteiger partial charge in [-0.15, -0.1) is 11.4 Å². The van der Waals surface area contributed by atoms with E-state index < -0.39 is 0 Å². The summed E-state index contributed by atoms with van der Waals surface area (Å²) in [4.78, 5) is 4.91. The number of ether oxygens (including phenoxy) is 2. The molecular formula is C49H67Cl2N3O2Th. The Morgan fingerprint density at radius 1 is 0.439 bits per heavy atom. The number of hydrogen-bond donors (Lipinski definition) is 0. The quantitative estimate of drug-likeness (QED) is 0.112. The number of aryl methyl sites for hydroxylation is 2. The monoisotopic (exact) mass is 1030 g/mol. The van der Waals surface area contributed by atoms with E-state index in [-0.39, 0.29) is 64.8 Å². The van der Waals surface area contributed by atoms with Gasteiger partial charge >= 0.3 is 39.9 Å². The largest absolute Gasteiger partial charge is 4.00 e. The van der Waals surface area contributed by atoms with E-state index in [1.807, 2.05) is 36.4 Å². The minimum atomic E-state index is 0. The van der Waals surface area contributed by atoms with Gasteiger partial charge in [0.2, 0.25) is 0 Å². The smallest absolute Gasteiger partial charge is 1.00 e. The van der Waals surface area contributed by atoms with Gasteiger partial charge in [-0.25, -0.2) is 0 Å². The molecule has 1 aromatic heterocycles. The molecule has 0 aliphatic heterocycles. The van der Waals surface area contributed by atoms with Crippen molar-refractivity contribution in [1.29, 1.82) is 0 Å². The zero-order valence-corrected chi connectivity index (χ0v) is 42.1. The van der Waals surface area contributed by atoms with Crippen LogP contribution in [0.2, 0.25) is 0 Å². The number of hydrogen-bond acceptors (Lipinski definition) is 3. The van der Waals surface area contributed by atoms with Gasteiger partial charge in [-0.3, -0.25) is 4.98 Å². The summed E-state index contributed by atoms with van der Waals surface area (Å²) in [7, 11) is 3.30. The first-order chi connectivity index (χ1) is 25.9. The van der Waals surface area contributed by atoms with Gasteiger partial charge in [0.25, 0.3) is 0 Å². The SMILES string of the molecule is CC(C)c1cccc(C(C)C)c1[N-]Cc1cccc(C[N-]c2c(C(C)C)cccc2C(C)C)n1.COCCOC.Cc1ccccc1.Cc1ccccc1.[Cl-].[Cl-].[Th+4]. The molecule has 0 spiro atoms. The summed E-state index contributed by atoms with van der Waals surface area (Å²) in [5.41, 5.74) is 12.1. The Bertz CT molecular complexity index is 1560. The predicted molar refractivity (Wildman–Crippen MR) is 233 cm³/mol. The number of pyridine rings is 1. The topological polar surface area (TPSA) is 59.6 Å². The first-order valence-electron chi connectivity index (χ1n) is 19.5. The van der Waals surface area contributed by atoms with Crippen molar-refractivity contribution in [3.8, 4) is 0 Å². The van der Waals surface area contributed by atoms with E-state index in [1.165, 1.54) is 33.4 Å². The Morgan fingerprint density at radius 3 is 0.947 bits per heavy atom. The Morgan fingerprint density at radius 2 is 0.719 bits per heavy atom. The molecule has 0 aliphatic carbocycles. The van der Waals surface area contributed by atoms with Crippen LogP contribution in [0, 0.1) is 53.8 Å². The molecule has 8 heteroatoms. The number of aromatic nitrogens is 1. The molecule has 4 aromatic carbocycles. The van der Waals surface area contributed by atoms with Gasteiger partial charge in [0.15, 0.2) is 0 Å². The minimum Gasteiger partial charge on any atom is -1.00 e. The van der Waals surface area contributed by atoms with Gasteiger partial charge in [0.1, 0.15) is 0 Å². The molecule has 0 radical (unpaired) electrons. The molecule has 0 saturated heterocycles. The molecule has 5 rings (SSSR count). The summed E-state index contributed by atoms with van der Waals surface area (Å²) in [6.45, 7) is 24.6. The van der Waals surface area contributed by atoms with Crippen LogP contribution in [0.15, 0.2) is 115 Å². The van der Waals surface area contributed by atoms with Crippen LogP contribution < -0.4 is 24.8 Å². The number of methoxy groups -OCH3 is 2. The molecule has 0 saturated carbocycles. The van der Waals surface area contributed by atoms with Gasteiger partial charge in [-0.05, 0) is 49.7 Å². The van der Waals surface area contributed by atoms with E-state index in [0.717, 1.165) is 22.8 Å². The zero-order chi connectivity index (χ0) is 39.9. The second-order valence-electron chi connectivity index (χ2n) is 14.7. The molecule has 0 fully saturated rings. The van der Waals surface area contributed by atoms with E-state index >= 15 is 0 Å². The summed E-state index contributed by atoms with van der Waals surface area (Å²) in [6, 6.07) is 39.9. The average molecular weight is 1030 g/mol. The fraction of sp³-hybridized carbons (Fsp3) is 0.408. The molecule has 0 aliphatic rings. The van der Waals surface area contributed by atoms with Gasteiger partial charge in [0, 0.05) is 25.6 Å². The summed E-state index contributed by atoms with van der Waals surface area (Å²) in [5.74, 6) is 1.75. The number of para-hydroxylation sites is 2. The summed E-state index contributed by atoms with van der Waals surface area (Å²) in [5, 5.41) is 10.1. The van der Waals surface area contributed by atoms with Crippen LogP contribution in [0.5, 0.6) is 0 Å². The molecule has 0 atom stereocenters. The van der Waals surface area contributed by atoms with Gasteiger partial charge < -0.3 is 44.9 Å². The minimum absolute atomic E-state index is 0. The molecule has 0 N–H and O–H groups in total. The number of benzene rings is 4. The normalized spacial score (nSPS) is 10.0. The Hall–Kier alpha value is -2.55. The van der Waals surface area contributed by atoms with Gasteiger partial charge in [0.05, 0.1) is 13.2 Å².